The highest BCUT2D eigenvalue weighted by Crippen LogP contribution is 2.35. The number of halogens is 2. The molecule has 0 aliphatic heterocycles. The molecule has 0 saturated carbocycles. The van der Waals surface area contributed by atoms with E-state index in [4.69, 9.17) is 11.6 Å². The third-order valence-electron chi connectivity index (χ3n) is 3.08. The van der Waals surface area contributed by atoms with Crippen LogP contribution in [-0.4, -0.2) is 5.78 Å². The van der Waals surface area contributed by atoms with Crippen LogP contribution in [0.3, 0.4) is 0 Å². The zero-order chi connectivity index (χ0) is 11.3. The molecule has 3 heteroatoms. The van der Waals surface area contributed by atoms with E-state index in [1.807, 2.05) is 0 Å². The molecule has 0 heterocycles. The first-order chi connectivity index (χ1) is 7.68. The van der Waals surface area contributed by atoms with E-state index in [-0.39, 0.29) is 11.6 Å². The van der Waals surface area contributed by atoms with Crippen molar-refractivity contribution >= 4 is 28.2 Å². The molecule has 1 nitrogen and oxygen atoms in total. The van der Waals surface area contributed by atoms with Crippen LogP contribution in [0, 0.1) is 5.82 Å². The second-order valence-corrected chi connectivity index (χ2v) is 4.37. The number of carbonyl (C=O) groups is 1. The van der Waals surface area contributed by atoms with Crippen LogP contribution in [0.2, 0.25) is 5.02 Å². The quantitative estimate of drug-likeness (QED) is 0.678. The van der Waals surface area contributed by atoms with Gasteiger partial charge in [-0.05, 0) is 36.2 Å². The van der Waals surface area contributed by atoms with Gasteiger partial charge < -0.3 is 0 Å². The van der Waals surface area contributed by atoms with E-state index in [1.165, 1.54) is 6.07 Å². The summed E-state index contributed by atoms with van der Waals surface area (Å²) in [6, 6.07) is 6.45. The number of hydrogen-bond donors (Lipinski definition) is 0. The first-order valence-corrected chi connectivity index (χ1v) is 5.49. The molecule has 0 aromatic heterocycles. The van der Waals surface area contributed by atoms with Gasteiger partial charge in [-0.1, -0.05) is 11.6 Å². The lowest BCUT2D eigenvalue weighted by atomic mass is 9.87. The molecule has 0 amide bonds. The molecule has 80 valence electrons. The Kier molecular flexibility index (Phi) is 2.01. The minimum atomic E-state index is -0.247. The summed E-state index contributed by atoms with van der Waals surface area (Å²) >= 11 is 6.05. The van der Waals surface area contributed by atoms with E-state index in [0.29, 0.717) is 34.4 Å². The van der Waals surface area contributed by atoms with Crippen LogP contribution in [0.1, 0.15) is 22.3 Å². The van der Waals surface area contributed by atoms with Gasteiger partial charge >= 0.3 is 0 Å². The van der Waals surface area contributed by atoms with Gasteiger partial charge in [-0.2, -0.15) is 0 Å². The van der Waals surface area contributed by atoms with Gasteiger partial charge in [0.05, 0.1) is 0 Å². The van der Waals surface area contributed by atoms with E-state index in [0.717, 1.165) is 5.39 Å². The van der Waals surface area contributed by atoms with Crippen molar-refractivity contribution in [3.63, 3.8) is 0 Å². The van der Waals surface area contributed by atoms with Crippen LogP contribution in [-0.2, 0) is 6.42 Å². The molecule has 0 unspecified atom stereocenters. The summed E-state index contributed by atoms with van der Waals surface area (Å²) in [5.41, 5.74) is 1.22. The van der Waals surface area contributed by atoms with Crippen molar-refractivity contribution in [3.8, 4) is 0 Å². The molecule has 0 spiro atoms. The zero-order valence-electron chi connectivity index (χ0n) is 8.39. The smallest absolute Gasteiger partial charge is 0.163 e. The molecule has 16 heavy (non-hydrogen) atoms. The van der Waals surface area contributed by atoms with Gasteiger partial charge in [0, 0.05) is 27.8 Å². The van der Waals surface area contributed by atoms with E-state index >= 15 is 0 Å². The molecular weight excluding hydrogens is 227 g/mol. The number of hydrogen-bond acceptors (Lipinski definition) is 1. The number of aryl methyl sites for hydroxylation is 1. The molecule has 3 rings (SSSR count). The maximum atomic E-state index is 13.6. The Morgan fingerprint density at radius 2 is 1.94 bits per heavy atom. The van der Waals surface area contributed by atoms with E-state index in [1.54, 1.807) is 18.2 Å². The Bertz CT molecular complexity index is 619. The molecule has 1 aliphatic carbocycles. The number of ketones is 1. The van der Waals surface area contributed by atoms with E-state index < -0.39 is 0 Å². The number of benzene rings is 2. The second-order valence-electron chi connectivity index (χ2n) is 3.97. The molecule has 0 saturated heterocycles. The summed E-state index contributed by atoms with van der Waals surface area (Å²) in [5.74, 6) is -0.178. The van der Waals surface area contributed by atoms with Crippen LogP contribution in [0.15, 0.2) is 24.3 Å². The van der Waals surface area contributed by atoms with Gasteiger partial charge in [-0.25, -0.2) is 4.39 Å². The summed E-state index contributed by atoms with van der Waals surface area (Å²) in [4.78, 5) is 11.7. The molecule has 0 bridgehead atoms. The summed E-state index contributed by atoms with van der Waals surface area (Å²) in [6.45, 7) is 0. The normalized spacial score (nSPS) is 14.5. The average Bonchev–Trinajstić information content (AvgIpc) is 2.27. The lowest BCUT2D eigenvalue weighted by molar-refractivity contribution is 0.0981. The van der Waals surface area contributed by atoms with Crippen molar-refractivity contribution < 1.29 is 9.18 Å². The van der Waals surface area contributed by atoms with Gasteiger partial charge in [-0.3, -0.25) is 4.79 Å². The Morgan fingerprint density at radius 3 is 2.75 bits per heavy atom. The molecular formula is C13H8ClFO. The number of carbonyl (C=O) groups excluding carboxylic acids is 1. The lowest BCUT2D eigenvalue weighted by Gasteiger charge is -2.17. The third kappa shape index (κ3) is 1.20. The van der Waals surface area contributed by atoms with Gasteiger partial charge in [0.15, 0.2) is 5.78 Å². The number of rotatable bonds is 0. The van der Waals surface area contributed by atoms with Gasteiger partial charge in [-0.15, -0.1) is 0 Å². The predicted octanol–water partition coefficient (Wildman–Crippen LogP) is 3.76. The first-order valence-electron chi connectivity index (χ1n) is 5.11. The highest BCUT2D eigenvalue weighted by atomic mass is 35.5. The van der Waals surface area contributed by atoms with E-state index in [9.17, 15) is 9.18 Å². The molecule has 0 N–H and O–H groups in total. The molecule has 1 aliphatic rings. The Hall–Kier alpha value is -1.41. The van der Waals surface area contributed by atoms with Crippen LogP contribution >= 0.6 is 11.6 Å². The van der Waals surface area contributed by atoms with Crippen molar-refractivity contribution in [2.75, 3.05) is 0 Å². The SMILES string of the molecule is O=C1CCc2c(F)ccc3c(Cl)ccc1c23. The van der Waals surface area contributed by atoms with Crippen molar-refractivity contribution in [2.24, 2.45) is 0 Å². The van der Waals surface area contributed by atoms with Crippen LogP contribution in [0.5, 0.6) is 0 Å². The molecule has 0 radical (unpaired) electrons. The second kappa shape index (κ2) is 3.29. The Balaban J connectivity index is 2.55. The highest BCUT2D eigenvalue weighted by Gasteiger charge is 2.22. The van der Waals surface area contributed by atoms with Crippen molar-refractivity contribution in [1.29, 1.82) is 0 Å². The third-order valence-corrected chi connectivity index (χ3v) is 3.41. The predicted molar refractivity (Wildman–Crippen MR) is 61.6 cm³/mol. The summed E-state index contributed by atoms with van der Waals surface area (Å²) in [6.07, 6.45) is 0.847. The van der Waals surface area contributed by atoms with Crippen LogP contribution in [0.25, 0.3) is 10.8 Å². The summed E-state index contributed by atoms with van der Waals surface area (Å²) < 4.78 is 13.6. The molecule has 0 atom stereocenters. The van der Waals surface area contributed by atoms with Crippen LogP contribution < -0.4 is 0 Å². The average molecular weight is 235 g/mol. The summed E-state index contributed by atoms with van der Waals surface area (Å²) in [7, 11) is 0. The minimum absolute atomic E-state index is 0.0692. The lowest BCUT2D eigenvalue weighted by Crippen LogP contribution is -2.11. The fraction of sp³-hybridized carbons (Fsp3) is 0.154. The van der Waals surface area contributed by atoms with Crippen molar-refractivity contribution in [3.05, 3.63) is 46.2 Å². The molecule has 0 fully saturated rings. The standard InChI is InChI=1S/C13H8ClFO/c14-10-4-1-9-12(16)6-3-8-11(15)5-2-7(10)13(8)9/h1-2,4-5H,3,6H2. The topological polar surface area (TPSA) is 17.1 Å². The van der Waals surface area contributed by atoms with Crippen molar-refractivity contribution in [1.82, 2.24) is 0 Å². The largest absolute Gasteiger partial charge is 0.294 e. The fourth-order valence-corrected chi connectivity index (χ4v) is 2.53. The fourth-order valence-electron chi connectivity index (χ4n) is 2.31. The molecule has 2 aromatic rings. The van der Waals surface area contributed by atoms with Gasteiger partial charge in [0.1, 0.15) is 5.82 Å². The number of Topliss-reactive ketones (excluding diaryl/α,β-unsaturated/α-hetero) is 1. The first kappa shape index (κ1) is 9.79. The Labute approximate surface area is 96.8 Å². The minimum Gasteiger partial charge on any atom is -0.294 e. The maximum Gasteiger partial charge on any atom is 0.163 e. The maximum absolute atomic E-state index is 13.6. The van der Waals surface area contributed by atoms with Crippen LogP contribution in [0.4, 0.5) is 4.39 Å². The monoisotopic (exact) mass is 234 g/mol. The summed E-state index contributed by atoms with van der Waals surface area (Å²) in [5, 5.41) is 2.03. The Morgan fingerprint density at radius 1 is 1.12 bits per heavy atom. The molecule has 2 aromatic carbocycles. The van der Waals surface area contributed by atoms with E-state index in [2.05, 4.69) is 0 Å². The van der Waals surface area contributed by atoms with Crippen molar-refractivity contribution in [2.45, 2.75) is 12.8 Å². The zero-order valence-corrected chi connectivity index (χ0v) is 9.14. The van der Waals surface area contributed by atoms with Gasteiger partial charge in [0.25, 0.3) is 0 Å². The highest BCUT2D eigenvalue weighted by molar-refractivity contribution is 6.36. The van der Waals surface area contributed by atoms with Gasteiger partial charge in [0.2, 0.25) is 0 Å².